The van der Waals surface area contributed by atoms with Crippen LogP contribution in [0.2, 0.25) is 0 Å². The van der Waals surface area contributed by atoms with Crippen LogP contribution in [0.3, 0.4) is 0 Å². The standard InChI is InChI=1S/C29H35N7O3S/c1-21-27(37)34(4)40(21,39)25-11-7-22(8-12-25)26-13-14-30-29(32-26)31-24-9-5-23(6-10-24)28(38)36-19-17-35(18-20-36)16-15-33(2)3/h5-14H,15-20H2,1-4H3,(H,30,31,32). The summed E-state index contributed by atoms with van der Waals surface area (Å²) in [4.78, 5) is 41.3. The number of benzene rings is 2. The first-order chi connectivity index (χ1) is 19.2. The summed E-state index contributed by atoms with van der Waals surface area (Å²) in [5.41, 5.74) is 2.98. The van der Waals surface area contributed by atoms with Gasteiger partial charge in [-0.25, -0.2) is 14.2 Å². The first-order valence-electron chi connectivity index (χ1n) is 13.3. The van der Waals surface area contributed by atoms with E-state index in [0.29, 0.717) is 27.0 Å². The Morgan fingerprint density at radius 1 is 1.00 bits per heavy atom. The molecule has 0 aliphatic carbocycles. The third kappa shape index (κ3) is 5.45. The number of carbonyl (C=O) groups excluding carboxylic acids is 2. The minimum absolute atomic E-state index is 0.0486. The molecule has 0 bridgehead atoms. The zero-order chi connectivity index (χ0) is 28.4. The summed E-state index contributed by atoms with van der Waals surface area (Å²) < 4.78 is 14.5. The number of nitrogens with one attached hydrogen (secondary N) is 1. The van der Waals surface area contributed by atoms with Gasteiger partial charge >= 0.3 is 0 Å². The van der Waals surface area contributed by atoms with Crippen LogP contribution in [0.1, 0.15) is 17.3 Å². The van der Waals surface area contributed by atoms with Crippen molar-refractivity contribution in [3.8, 4) is 11.3 Å². The van der Waals surface area contributed by atoms with Crippen molar-refractivity contribution in [3.63, 3.8) is 0 Å². The normalized spacial score (nSPS) is 19.6. The Hall–Kier alpha value is -3.80. The fourth-order valence-corrected chi connectivity index (χ4v) is 7.07. The van der Waals surface area contributed by atoms with Crippen molar-refractivity contribution in [3.05, 3.63) is 66.4 Å². The number of aromatic nitrogens is 2. The maximum Gasteiger partial charge on any atom is 0.270 e. The Balaban J connectivity index is 1.21. The van der Waals surface area contributed by atoms with Crippen LogP contribution in [0.5, 0.6) is 0 Å². The highest BCUT2D eigenvalue weighted by Crippen LogP contribution is 2.28. The fraction of sp³-hybridized carbons (Fsp3) is 0.345. The molecule has 5 rings (SSSR count). The van der Waals surface area contributed by atoms with Gasteiger partial charge in [-0.05, 0) is 63.5 Å². The average molecular weight is 562 g/mol. The number of likely N-dealkylation sites (N-methyl/N-ethyl adjacent to an activating group) is 1. The summed E-state index contributed by atoms with van der Waals surface area (Å²) in [7, 11) is 3.09. The number of carbonyl (C=O) groups is 2. The molecule has 3 aromatic rings. The molecule has 2 aliphatic heterocycles. The molecule has 1 fully saturated rings. The first kappa shape index (κ1) is 27.8. The second-order valence-corrected chi connectivity index (χ2v) is 13.0. The number of nitrogens with zero attached hydrogens (tertiary/aromatic N) is 6. The van der Waals surface area contributed by atoms with Gasteiger partial charge in [0.1, 0.15) is 0 Å². The van der Waals surface area contributed by atoms with Gasteiger partial charge in [-0.15, -0.1) is 0 Å². The number of hydrogen-bond donors (Lipinski definition) is 1. The average Bonchev–Trinajstić information content (AvgIpc) is 2.99. The fourth-order valence-electron chi connectivity index (χ4n) is 4.87. The van der Waals surface area contributed by atoms with E-state index in [0.717, 1.165) is 50.5 Å². The zero-order valence-corrected chi connectivity index (χ0v) is 24.1. The summed E-state index contributed by atoms with van der Waals surface area (Å²) in [6, 6.07) is 16.4. The smallest absolute Gasteiger partial charge is 0.270 e. The second kappa shape index (κ2) is 11.4. The van der Waals surface area contributed by atoms with Gasteiger partial charge in [0, 0.05) is 69.3 Å². The molecule has 40 heavy (non-hydrogen) atoms. The lowest BCUT2D eigenvalue weighted by Gasteiger charge is -2.35. The number of piperazine rings is 1. The van der Waals surface area contributed by atoms with Gasteiger partial charge < -0.3 is 15.1 Å². The van der Waals surface area contributed by atoms with Crippen molar-refractivity contribution in [2.75, 3.05) is 65.7 Å². The zero-order valence-electron chi connectivity index (χ0n) is 23.3. The summed E-state index contributed by atoms with van der Waals surface area (Å²) in [6.45, 7) is 6.91. The molecular weight excluding hydrogens is 526 g/mol. The third-order valence-electron chi connectivity index (χ3n) is 7.42. The maximum absolute atomic E-state index is 13.2. The molecule has 0 saturated carbocycles. The molecule has 1 saturated heterocycles. The van der Waals surface area contributed by atoms with E-state index in [-0.39, 0.29) is 11.8 Å². The lowest BCUT2D eigenvalue weighted by molar-refractivity contribution is -0.119. The Kier molecular flexibility index (Phi) is 7.88. The van der Waals surface area contributed by atoms with E-state index in [4.69, 9.17) is 0 Å². The number of amides is 2. The van der Waals surface area contributed by atoms with E-state index in [1.807, 2.05) is 41.3 Å². The van der Waals surface area contributed by atoms with Gasteiger partial charge in [0.25, 0.3) is 11.8 Å². The van der Waals surface area contributed by atoms with E-state index >= 15 is 0 Å². The lowest BCUT2D eigenvalue weighted by atomic mass is 10.1. The molecule has 1 atom stereocenters. The molecule has 2 aliphatic rings. The Morgan fingerprint density at radius 2 is 1.68 bits per heavy atom. The van der Waals surface area contributed by atoms with Crippen LogP contribution in [0.25, 0.3) is 11.3 Å². The lowest BCUT2D eigenvalue weighted by Crippen LogP contribution is -2.51. The van der Waals surface area contributed by atoms with Crippen molar-refractivity contribution < 1.29 is 13.8 Å². The summed E-state index contributed by atoms with van der Waals surface area (Å²) in [5, 5.41) is 3.21. The highest BCUT2D eigenvalue weighted by atomic mass is 32.2. The van der Waals surface area contributed by atoms with Gasteiger partial charge in [-0.1, -0.05) is 12.1 Å². The first-order valence-corrected chi connectivity index (χ1v) is 14.8. The summed E-state index contributed by atoms with van der Waals surface area (Å²) in [6.07, 6.45) is 1.67. The van der Waals surface area contributed by atoms with Gasteiger partial charge in [0.15, 0.2) is 0 Å². The maximum atomic E-state index is 13.2. The minimum atomic E-state index is -2.62. The molecule has 11 heteroatoms. The van der Waals surface area contributed by atoms with Crippen molar-refractivity contribution in [1.82, 2.24) is 29.0 Å². The largest absolute Gasteiger partial charge is 0.336 e. The van der Waals surface area contributed by atoms with E-state index in [1.165, 1.54) is 4.31 Å². The Bertz CT molecular complexity index is 1520. The van der Waals surface area contributed by atoms with E-state index in [2.05, 4.69) is 39.2 Å². The molecular formula is C29H35N7O3S. The molecule has 0 radical (unpaired) electrons. The summed E-state index contributed by atoms with van der Waals surface area (Å²) in [5.74, 6) is 0.286. The van der Waals surface area contributed by atoms with E-state index in [1.54, 1.807) is 38.4 Å². The van der Waals surface area contributed by atoms with Crippen LogP contribution >= 0.6 is 0 Å². The number of rotatable bonds is 8. The third-order valence-corrected chi connectivity index (χ3v) is 10.3. The predicted molar refractivity (Wildman–Crippen MR) is 158 cm³/mol. The molecule has 0 spiro atoms. The quantitative estimate of drug-likeness (QED) is 0.419. The van der Waals surface area contributed by atoms with Crippen molar-refractivity contribution in [2.24, 2.45) is 0 Å². The van der Waals surface area contributed by atoms with Crippen LogP contribution in [-0.4, -0.2) is 110 Å². The highest BCUT2D eigenvalue weighted by molar-refractivity contribution is 8.04. The number of anilines is 2. The predicted octanol–water partition coefficient (Wildman–Crippen LogP) is 2.43. The molecule has 2 aromatic carbocycles. The van der Waals surface area contributed by atoms with Gasteiger partial charge in [0.05, 0.1) is 25.2 Å². The van der Waals surface area contributed by atoms with Crippen LogP contribution in [0, 0.1) is 0 Å². The molecule has 1 unspecified atom stereocenters. The van der Waals surface area contributed by atoms with Crippen LogP contribution in [-0.2, 0) is 14.5 Å². The molecule has 3 heterocycles. The van der Waals surface area contributed by atoms with Crippen molar-refractivity contribution >= 4 is 38.0 Å². The Labute approximate surface area is 235 Å². The van der Waals surface area contributed by atoms with Gasteiger partial charge in [-0.3, -0.25) is 18.8 Å². The van der Waals surface area contributed by atoms with Crippen molar-refractivity contribution in [2.45, 2.75) is 11.8 Å². The monoisotopic (exact) mass is 561 g/mol. The van der Waals surface area contributed by atoms with Crippen LogP contribution in [0.15, 0.2) is 65.7 Å². The molecule has 1 aromatic heterocycles. The highest BCUT2D eigenvalue weighted by Gasteiger charge is 2.38. The number of hydrogen-bond acceptors (Lipinski definition) is 8. The molecule has 1 N–H and O–H groups in total. The van der Waals surface area contributed by atoms with E-state index < -0.39 is 9.71 Å². The SMILES string of the molecule is CC1=S(=O)(c2ccc(-c3ccnc(Nc4ccc(C(=O)N5CCN(CCN(C)C)CC5)cc4)n3)cc2)N(C)C1=O. The molecule has 2 amide bonds. The van der Waals surface area contributed by atoms with Gasteiger partial charge in [-0.2, -0.15) is 0 Å². The molecule has 210 valence electrons. The second-order valence-electron chi connectivity index (χ2n) is 10.3. The molecule has 10 nitrogen and oxygen atoms in total. The summed E-state index contributed by atoms with van der Waals surface area (Å²) >= 11 is 0. The topological polar surface area (TPSA) is 102 Å². The van der Waals surface area contributed by atoms with Crippen LogP contribution < -0.4 is 5.32 Å². The van der Waals surface area contributed by atoms with E-state index in [9.17, 15) is 13.8 Å². The van der Waals surface area contributed by atoms with Crippen LogP contribution in [0.4, 0.5) is 11.6 Å². The van der Waals surface area contributed by atoms with Gasteiger partial charge in [0.2, 0.25) is 5.95 Å². The Morgan fingerprint density at radius 3 is 2.30 bits per heavy atom. The van der Waals surface area contributed by atoms with Crippen molar-refractivity contribution in [1.29, 1.82) is 0 Å². The minimum Gasteiger partial charge on any atom is -0.336 e.